The van der Waals surface area contributed by atoms with E-state index in [4.69, 9.17) is 4.74 Å². The molecule has 1 aromatic rings. The maximum absolute atomic E-state index is 11.3. The molecule has 0 atom stereocenters. The van der Waals surface area contributed by atoms with E-state index in [1.165, 1.54) is 0 Å². The van der Waals surface area contributed by atoms with Crippen LogP contribution in [0.4, 0.5) is 0 Å². The summed E-state index contributed by atoms with van der Waals surface area (Å²) in [5, 5.41) is 0. The molecule has 0 aliphatic rings. The van der Waals surface area contributed by atoms with Gasteiger partial charge in [-0.15, -0.1) is 0 Å². The third-order valence-corrected chi connectivity index (χ3v) is 2.36. The summed E-state index contributed by atoms with van der Waals surface area (Å²) < 4.78 is 5.11. The zero-order valence-electron chi connectivity index (χ0n) is 10.0. The number of rotatable bonds is 5. The van der Waals surface area contributed by atoms with Gasteiger partial charge in [0.05, 0.1) is 0 Å². The molecule has 0 saturated carbocycles. The summed E-state index contributed by atoms with van der Waals surface area (Å²) in [6.07, 6.45) is 3.49. The van der Waals surface area contributed by atoms with Crippen LogP contribution in [0.15, 0.2) is 43.5 Å². The van der Waals surface area contributed by atoms with Crippen LogP contribution in [-0.4, -0.2) is 5.97 Å². The van der Waals surface area contributed by atoms with Crippen LogP contribution in [0.5, 0.6) is 0 Å². The zero-order chi connectivity index (χ0) is 12.8. The number of esters is 1. The summed E-state index contributed by atoms with van der Waals surface area (Å²) >= 11 is 0. The van der Waals surface area contributed by atoms with Gasteiger partial charge in [-0.05, 0) is 23.6 Å². The summed E-state index contributed by atoms with van der Waals surface area (Å²) in [5.41, 5.74) is 3.22. The summed E-state index contributed by atoms with van der Waals surface area (Å²) in [4.78, 5) is 11.3. The fourth-order valence-electron chi connectivity index (χ4n) is 1.45. The molecule has 0 saturated heterocycles. The molecular formula is C15H16O2. The second-order valence-corrected chi connectivity index (χ2v) is 3.68. The highest BCUT2D eigenvalue weighted by Crippen LogP contribution is 2.18. The fraction of sp³-hybridized carbons (Fsp3) is 0.133. The Labute approximate surface area is 102 Å². The van der Waals surface area contributed by atoms with Crippen molar-refractivity contribution in [3.05, 3.63) is 60.2 Å². The molecule has 0 aromatic heterocycles. The van der Waals surface area contributed by atoms with Crippen LogP contribution < -0.4 is 0 Å². The maximum atomic E-state index is 11.3. The van der Waals surface area contributed by atoms with E-state index in [0.29, 0.717) is 5.57 Å². The average molecular weight is 228 g/mol. The Bertz CT molecular complexity index is 470. The van der Waals surface area contributed by atoms with E-state index in [0.717, 1.165) is 16.7 Å². The van der Waals surface area contributed by atoms with Crippen molar-refractivity contribution in [2.45, 2.75) is 13.5 Å². The summed E-state index contributed by atoms with van der Waals surface area (Å²) in [5.74, 6) is -0.385. The first-order valence-electron chi connectivity index (χ1n) is 5.29. The van der Waals surface area contributed by atoms with Gasteiger partial charge in [0.2, 0.25) is 0 Å². The highest BCUT2D eigenvalue weighted by atomic mass is 16.5. The van der Waals surface area contributed by atoms with Gasteiger partial charge in [0, 0.05) is 5.57 Å². The molecule has 0 aliphatic heterocycles. The first-order chi connectivity index (χ1) is 8.10. The number of hydrogen-bond acceptors (Lipinski definition) is 2. The van der Waals surface area contributed by atoms with Crippen LogP contribution in [-0.2, 0) is 16.1 Å². The van der Waals surface area contributed by atoms with Gasteiger partial charge in [-0.3, -0.25) is 0 Å². The van der Waals surface area contributed by atoms with Crippen molar-refractivity contribution in [2.24, 2.45) is 0 Å². The minimum absolute atomic E-state index is 0.217. The second kappa shape index (κ2) is 5.85. The average Bonchev–Trinajstić information content (AvgIpc) is 2.34. The van der Waals surface area contributed by atoms with Crippen LogP contribution in [0.3, 0.4) is 0 Å². The van der Waals surface area contributed by atoms with Gasteiger partial charge < -0.3 is 4.74 Å². The first kappa shape index (κ1) is 13.0. The molecule has 0 spiro atoms. The van der Waals surface area contributed by atoms with Crippen molar-refractivity contribution in [1.29, 1.82) is 0 Å². The van der Waals surface area contributed by atoms with E-state index >= 15 is 0 Å². The van der Waals surface area contributed by atoms with Crippen molar-refractivity contribution in [3.8, 4) is 0 Å². The first-order valence-corrected chi connectivity index (χ1v) is 5.29. The predicted octanol–water partition coefficient (Wildman–Crippen LogP) is 3.59. The minimum Gasteiger partial charge on any atom is -0.457 e. The number of carbonyl (C=O) groups is 1. The molecule has 0 unspecified atom stereocenters. The maximum Gasteiger partial charge on any atom is 0.333 e. The Morgan fingerprint density at radius 2 is 2.06 bits per heavy atom. The second-order valence-electron chi connectivity index (χ2n) is 3.68. The van der Waals surface area contributed by atoms with Crippen molar-refractivity contribution in [3.63, 3.8) is 0 Å². The molecule has 2 heteroatoms. The van der Waals surface area contributed by atoms with E-state index < -0.39 is 0 Å². The van der Waals surface area contributed by atoms with Crippen LogP contribution in [0.1, 0.15) is 23.6 Å². The Morgan fingerprint density at radius 1 is 1.35 bits per heavy atom. The molecule has 0 N–H and O–H groups in total. The summed E-state index contributed by atoms with van der Waals surface area (Å²) in [7, 11) is 0. The van der Waals surface area contributed by atoms with Crippen LogP contribution in [0.2, 0.25) is 0 Å². The van der Waals surface area contributed by atoms with Crippen LogP contribution in [0.25, 0.3) is 12.2 Å². The number of hydrogen-bond donors (Lipinski definition) is 0. The van der Waals surface area contributed by atoms with Crippen molar-refractivity contribution in [2.75, 3.05) is 0 Å². The van der Waals surface area contributed by atoms with Gasteiger partial charge in [0.15, 0.2) is 0 Å². The fourth-order valence-corrected chi connectivity index (χ4v) is 1.45. The molecule has 2 nitrogen and oxygen atoms in total. The standard InChI is InChI=1S/C15H16O2/c1-5-12-8-7-9-13(14(12)6-2)10-17-15(16)11(3)4/h5-9H,1-3,10H2,4H3. The molecule has 0 amide bonds. The third kappa shape index (κ3) is 3.18. The van der Waals surface area contributed by atoms with E-state index in [1.807, 2.05) is 18.2 Å². The van der Waals surface area contributed by atoms with Gasteiger partial charge in [0.25, 0.3) is 0 Å². The summed E-state index contributed by atoms with van der Waals surface area (Å²) in [6.45, 7) is 12.9. The molecule has 0 radical (unpaired) electrons. The quantitative estimate of drug-likeness (QED) is 0.568. The number of ether oxygens (including phenoxy) is 1. The van der Waals surface area contributed by atoms with Crippen molar-refractivity contribution >= 4 is 18.1 Å². The lowest BCUT2D eigenvalue weighted by atomic mass is 10.0. The van der Waals surface area contributed by atoms with Crippen molar-refractivity contribution < 1.29 is 9.53 Å². The van der Waals surface area contributed by atoms with Gasteiger partial charge in [0.1, 0.15) is 6.61 Å². The molecule has 0 bridgehead atoms. The van der Waals surface area contributed by atoms with E-state index in [9.17, 15) is 4.79 Å². The van der Waals surface area contributed by atoms with Gasteiger partial charge in [-0.25, -0.2) is 4.79 Å². The zero-order valence-corrected chi connectivity index (χ0v) is 10.0. The monoisotopic (exact) mass is 228 g/mol. The largest absolute Gasteiger partial charge is 0.457 e. The molecule has 0 aliphatic carbocycles. The molecule has 17 heavy (non-hydrogen) atoms. The Morgan fingerprint density at radius 3 is 2.59 bits per heavy atom. The Balaban J connectivity index is 2.91. The molecule has 1 aromatic carbocycles. The minimum atomic E-state index is -0.385. The van der Waals surface area contributed by atoms with Gasteiger partial charge >= 0.3 is 5.97 Å². The Kier molecular flexibility index (Phi) is 4.46. The molecule has 0 heterocycles. The van der Waals surface area contributed by atoms with E-state index in [1.54, 1.807) is 19.1 Å². The lowest BCUT2D eigenvalue weighted by molar-refractivity contribution is -0.140. The highest BCUT2D eigenvalue weighted by Gasteiger charge is 2.07. The SMILES string of the molecule is C=Cc1cccc(COC(=O)C(=C)C)c1C=C. The van der Waals surface area contributed by atoms with Gasteiger partial charge in [-0.2, -0.15) is 0 Å². The van der Waals surface area contributed by atoms with Crippen LogP contribution in [0, 0.1) is 0 Å². The normalized spacial score (nSPS) is 9.47. The van der Waals surface area contributed by atoms with Gasteiger partial charge in [-0.1, -0.05) is 50.1 Å². The summed E-state index contributed by atoms with van der Waals surface area (Å²) in [6, 6.07) is 5.73. The molecule has 88 valence electrons. The molecular weight excluding hydrogens is 212 g/mol. The number of carbonyl (C=O) groups excluding carboxylic acids is 1. The van der Waals surface area contributed by atoms with E-state index in [-0.39, 0.29) is 12.6 Å². The lowest BCUT2D eigenvalue weighted by Gasteiger charge is -2.10. The molecule has 1 rings (SSSR count). The predicted molar refractivity (Wildman–Crippen MR) is 71.2 cm³/mol. The highest BCUT2D eigenvalue weighted by molar-refractivity contribution is 5.87. The van der Waals surface area contributed by atoms with E-state index in [2.05, 4.69) is 19.7 Å². The lowest BCUT2D eigenvalue weighted by Crippen LogP contribution is -2.06. The molecule has 0 fully saturated rings. The van der Waals surface area contributed by atoms with Crippen LogP contribution >= 0.6 is 0 Å². The third-order valence-electron chi connectivity index (χ3n) is 2.36. The number of benzene rings is 1. The smallest absolute Gasteiger partial charge is 0.333 e. The Hall–Kier alpha value is -2.09. The van der Waals surface area contributed by atoms with Crippen molar-refractivity contribution in [1.82, 2.24) is 0 Å². The topological polar surface area (TPSA) is 26.3 Å².